The Kier molecular flexibility index (Phi) is 7.76. The van der Waals surface area contributed by atoms with Crippen LogP contribution in [0.25, 0.3) is 0 Å². The van der Waals surface area contributed by atoms with Gasteiger partial charge < -0.3 is 15.5 Å². The summed E-state index contributed by atoms with van der Waals surface area (Å²) in [5.74, 6) is 1.81. The van der Waals surface area contributed by atoms with Crippen molar-refractivity contribution in [2.45, 2.75) is 26.3 Å². The zero-order valence-electron chi connectivity index (χ0n) is 15.5. The molecule has 0 saturated heterocycles. The number of nitrogens with one attached hydrogen (secondary N) is 2. The van der Waals surface area contributed by atoms with Gasteiger partial charge in [0.05, 0.1) is 6.54 Å². The first-order valence-corrected chi connectivity index (χ1v) is 8.87. The van der Waals surface area contributed by atoms with E-state index in [1.807, 2.05) is 31.3 Å². The molecule has 0 aliphatic carbocycles. The molecule has 0 aliphatic rings. The third-order valence-corrected chi connectivity index (χ3v) is 3.81. The number of pyridine rings is 1. The van der Waals surface area contributed by atoms with Crippen LogP contribution in [-0.2, 0) is 13.0 Å². The Morgan fingerprint density at radius 2 is 1.88 bits per heavy atom. The minimum Gasteiger partial charge on any atom is -0.363 e. The van der Waals surface area contributed by atoms with Crippen LogP contribution in [0.4, 0.5) is 5.82 Å². The lowest BCUT2D eigenvalue weighted by atomic mass is 10.1. The van der Waals surface area contributed by atoms with E-state index in [0.717, 1.165) is 43.3 Å². The van der Waals surface area contributed by atoms with Crippen molar-refractivity contribution in [1.82, 2.24) is 15.6 Å². The maximum absolute atomic E-state index is 4.68. The molecule has 0 bridgehead atoms. The van der Waals surface area contributed by atoms with Gasteiger partial charge in [-0.1, -0.05) is 30.3 Å². The number of hydrogen-bond acceptors (Lipinski definition) is 3. The van der Waals surface area contributed by atoms with Gasteiger partial charge in [-0.2, -0.15) is 0 Å². The third-order valence-electron chi connectivity index (χ3n) is 3.81. The third kappa shape index (κ3) is 6.83. The minimum absolute atomic E-state index is 0.636. The molecule has 0 atom stereocenters. The molecule has 5 nitrogen and oxygen atoms in total. The van der Waals surface area contributed by atoms with Gasteiger partial charge in [0.1, 0.15) is 5.82 Å². The second-order valence-corrected chi connectivity index (χ2v) is 6.13. The smallest absolute Gasteiger partial charge is 0.191 e. The molecule has 2 N–H and O–H groups in total. The number of anilines is 1. The summed E-state index contributed by atoms with van der Waals surface area (Å²) >= 11 is 0. The van der Waals surface area contributed by atoms with Gasteiger partial charge in [-0.25, -0.2) is 9.98 Å². The molecule has 5 heteroatoms. The molecule has 0 amide bonds. The van der Waals surface area contributed by atoms with Gasteiger partial charge in [-0.05, 0) is 43.0 Å². The fraction of sp³-hybridized carbons (Fsp3) is 0.400. The molecule has 0 aliphatic heterocycles. The van der Waals surface area contributed by atoms with Crippen LogP contribution >= 0.6 is 0 Å². The van der Waals surface area contributed by atoms with E-state index in [9.17, 15) is 0 Å². The normalized spacial score (nSPS) is 11.2. The van der Waals surface area contributed by atoms with E-state index in [1.165, 1.54) is 5.56 Å². The van der Waals surface area contributed by atoms with Gasteiger partial charge >= 0.3 is 0 Å². The molecule has 1 aromatic heterocycles. The fourth-order valence-corrected chi connectivity index (χ4v) is 2.46. The second kappa shape index (κ2) is 10.3. The summed E-state index contributed by atoms with van der Waals surface area (Å²) in [6.07, 6.45) is 3.98. The highest BCUT2D eigenvalue weighted by molar-refractivity contribution is 5.79. The topological polar surface area (TPSA) is 52.6 Å². The van der Waals surface area contributed by atoms with Crippen LogP contribution in [0.1, 0.15) is 24.5 Å². The van der Waals surface area contributed by atoms with E-state index >= 15 is 0 Å². The molecule has 0 fully saturated rings. The molecule has 2 rings (SSSR count). The van der Waals surface area contributed by atoms with Crippen LogP contribution in [0, 0.1) is 0 Å². The number of rotatable bonds is 8. The van der Waals surface area contributed by atoms with E-state index < -0.39 is 0 Å². The second-order valence-electron chi connectivity index (χ2n) is 6.13. The lowest BCUT2D eigenvalue weighted by molar-refractivity contribution is 0.743. The zero-order valence-corrected chi connectivity index (χ0v) is 15.5. The molecule has 1 heterocycles. The highest BCUT2D eigenvalue weighted by atomic mass is 15.2. The van der Waals surface area contributed by atoms with Crippen LogP contribution in [0.2, 0.25) is 0 Å². The number of nitrogens with zero attached hydrogens (tertiary/aromatic N) is 3. The minimum atomic E-state index is 0.636. The first-order chi connectivity index (χ1) is 12.2. The zero-order chi connectivity index (χ0) is 17.9. The maximum Gasteiger partial charge on any atom is 0.191 e. The lowest BCUT2D eigenvalue weighted by Crippen LogP contribution is -2.37. The Hall–Kier alpha value is -2.56. The van der Waals surface area contributed by atoms with Crippen molar-refractivity contribution in [3.8, 4) is 0 Å². The predicted molar refractivity (Wildman–Crippen MR) is 106 cm³/mol. The van der Waals surface area contributed by atoms with Gasteiger partial charge in [0.15, 0.2) is 5.96 Å². The first-order valence-electron chi connectivity index (χ1n) is 8.87. The van der Waals surface area contributed by atoms with E-state index in [1.54, 1.807) is 0 Å². The summed E-state index contributed by atoms with van der Waals surface area (Å²) < 4.78 is 0. The molecule has 134 valence electrons. The largest absolute Gasteiger partial charge is 0.363 e. The average molecular weight is 339 g/mol. The number of guanidine groups is 1. The number of benzene rings is 1. The highest BCUT2D eigenvalue weighted by Gasteiger charge is 2.01. The molecule has 0 unspecified atom stereocenters. The Morgan fingerprint density at radius 1 is 1.08 bits per heavy atom. The molecule has 25 heavy (non-hydrogen) atoms. The Morgan fingerprint density at radius 3 is 2.60 bits per heavy atom. The summed E-state index contributed by atoms with van der Waals surface area (Å²) in [7, 11) is 3.99. The summed E-state index contributed by atoms with van der Waals surface area (Å²) in [5.41, 5.74) is 2.53. The van der Waals surface area contributed by atoms with Crippen molar-refractivity contribution in [1.29, 1.82) is 0 Å². The van der Waals surface area contributed by atoms with Crippen molar-refractivity contribution in [3.63, 3.8) is 0 Å². The van der Waals surface area contributed by atoms with E-state index in [-0.39, 0.29) is 0 Å². The molecule has 0 saturated carbocycles. The number of hydrogen-bond donors (Lipinski definition) is 2. The number of aliphatic imine (C=N–C) groups is 1. The highest BCUT2D eigenvalue weighted by Crippen LogP contribution is 2.10. The lowest BCUT2D eigenvalue weighted by Gasteiger charge is -2.13. The predicted octanol–water partition coefficient (Wildman–Crippen LogP) is 2.84. The van der Waals surface area contributed by atoms with E-state index in [4.69, 9.17) is 0 Å². The molecule has 2 aromatic rings. The monoisotopic (exact) mass is 339 g/mol. The summed E-state index contributed by atoms with van der Waals surface area (Å²) in [6.45, 7) is 4.47. The average Bonchev–Trinajstić information content (AvgIpc) is 2.64. The van der Waals surface area contributed by atoms with Crippen molar-refractivity contribution in [2.75, 3.05) is 32.1 Å². The molecule has 0 radical (unpaired) electrons. The molecule has 0 spiro atoms. The fourth-order valence-electron chi connectivity index (χ4n) is 2.46. The molecular formula is C20H29N5. The summed E-state index contributed by atoms with van der Waals surface area (Å²) in [4.78, 5) is 11.0. The summed E-state index contributed by atoms with van der Waals surface area (Å²) in [6, 6.07) is 14.7. The van der Waals surface area contributed by atoms with Gasteiger partial charge in [-0.3, -0.25) is 0 Å². The number of aryl methyl sites for hydroxylation is 1. The Balaban J connectivity index is 1.84. The van der Waals surface area contributed by atoms with Crippen molar-refractivity contribution in [2.24, 2.45) is 4.99 Å². The van der Waals surface area contributed by atoms with E-state index in [2.05, 4.69) is 63.9 Å². The quantitative estimate of drug-likeness (QED) is 0.441. The van der Waals surface area contributed by atoms with Gasteiger partial charge in [0.2, 0.25) is 0 Å². The van der Waals surface area contributed by atoms with Crippen molar-refractivity contribution >= 4 is 11.8 Å². The van der Waals surface area contributed by atoms with Crippen LogP contribution < -0.4 is 15.5 Å². The van der Waals surface area contributed by atoms with Gasteiger partial charge in [-0.15, -0.1) is 0 Å². The van der Waals surface area contributed by atoms with Crippen LogP contribution in [0.5, 0.6) is 0 Å². The maximum atomic E-state index is 4.68. The van der Waals surface area contributed by atoms with Crippen molar-refractivity contribution < 1.29 is 0 Å². The Labute approximate surface area is 151 Å². The van der Waals surface area contributed by atoms with Gasteiger partial charge in [0, 0.05) is 33.4 Å². The molecule has 1 aromatic carbocycles. The van der Waals surface area contributed by atoms with E-state index in [0.29, 0.717) is 6.54 Å². The van der Waals surface area contributed by atoms with Gasteiger partial charge in [0.25, 0.3) is 0 Å². The standard InChI is InChI=1S/C20H29N5/c1-4-21-20(23-13-8-11-17-9-6-5-7-10-17)24-16-18-12-14-22-19(15-18)25(2)3/h5-7,9-10,12,14-15H,4,8,11,13,16H2,1-3H3,(H2,21,23,24). The molecular weight excluding hydrogens is 310 g/mol. The summed E-state index contributed by atoms with van der Waals surface area (Å²) in [5, 5.41) is 6.71. The van der Waals surface area contributed by atoms with Crippen molar-refractivity contribution in [3.05, 3.63) is 59.8 Å². The number of aromatic nitrogens is 1. The Bertz CT molecular complexity index is 652. The van der Waals surface area contributed by atoms with Crippen LogP contribution in [0.3, 0.4) is 0 Å². The first kappa shape index (κ1) is 18.8. The van der Waals surface area contributed by atoms with Crippen LogP contribution in [-0.4, -0.2) is 38.1 Å². The SMILES string of the molecule is CCNC(=NCc1ccnc(N(C)C)c1)NCCCc1ccccc1. The van der Waals surface area contributed by atoms with Crippen LogP contribution in [0.15, 0.2) is 53.7 Å².